The van der Waals surface area contributed by atoms with Crippen LogP contribution in [0.2, 0.25) is 0 Å². The van der Waals surface area contributed by atoms with E-state index in [0.717, 1.165) is 25.6 Å². The SMILES string of the molecule is Cc1ccc(Br)cc1C(Cc1ccc(F)cc1Br)NN. The van der Waals surface area contributed by atoms with Crippen molar-refractivity contribution in [3.63, 3.8) is 0 Å². The van der Waals surface area contributed by atoms with Crippen LogP contribution in [0, 0.1) is 12.7 Å². The van der Waals surface area contributed by atoms with E-state index in [4.69, 9.17) is 5.84 Å². The highest BCUT2D eigenvalue weighted by Crippen LogP contribution is 2.27. The molecule has 0 saturated heterocycles. The Kier molecular flexibility index (Phi) is 5.32. The monoisotopic (exact) mass is 400 g/mol. The average Bonchev–Trinajstić information content (AvgIpc) is 2.41. The molecule has 106 valence electrons. The second kappa shape index (κ2) is 6.80. The van der Waals surface area contributed by atoms with Crippen LogP contribution in [0.15, 0.2) is 45.3 Å². The Bertz CT molecular complexity index is 617. The third-order valence-corrected chi connectivity index (χ3v) is 4.49. The molecule has 0 radical (unpaired) electrons. The van der Waals surface area contributed by atoms with Gasteiger partial charge >= 0.3 is 0 Å². The Balaban J connectivity index is 2.31. The average molecular weight is 402 g/mol. The molecule has 1 atom stereocenters. The predicted octanol–water partition coefficient (Wildman–Crippen LogP) is 4.41. The van der Waals surface area contributed by atoms with E-state index in [2.05, 4.69) is 43.4 Å². The van der Waals surface area contributed by atoms with Gasteiger partial charge in [0.2, 0.25) is 0 Å². The summed E-state index contributed by atoms with van der Waals surface area (Å²) in [6, 6.07) is 10.8. The van der Waals surface area contributed by atoms with Gasteiger partial charge in [-0.15, -0.1) is 0 Å². The molecule has 2 nitrogen and oxygen atoms in total. The van der Waals surface area contributed by atoms with Gasteiger partial charge in [0.15, 0.2) is 0 Å². The summed E-state index contributed by atoms with van der Waals surface area (Å²) in [6.07, 6.45) is 0.675. The molecule has 20 heavy (non-hydrogen) atoms. The van der Waals surface area contributed by atoms with Crippen LogP contribution in [0.3, 0.4) is 0 Å². The summed E-state index contributed by atoms with van der Waals surface area (Å²) >= 11 is 6.87. The molecule has 0 bridgehead atoms. The lowest BCUT2D eigenvalue weighted by molar-refractivity contribution is 0.547. The highest BCUT2D eigenvalue weighted by Gasteiger charge is 2.15. The van der Waals surface area contributed by atoms with Crippen molar-refractivity contribution < 1.29 is 4.39 Å². The van der Waals surface area contributed by atoms with Crippen LogP contribution in [-0.2, 0) is 6.42 Å². The molecular weight excluding hydrogens is 387 g/mol. The van der Waals surface area contributed by atoms with E-state index in [1.807, 2.05) is 19.1 Å². The maximum absolute atomic E-state index is 13.1. The fourth-order valence-corrected chi connectivity index (χ4v) is 3.04. The van der Waals surface area contributed by atoms with Crippen molar-refractivity contribution in [2.45, 2.75) is 19.4 Å². The summed E-state index contributed by atoms with van der Waals surface area (Å²) < 4.78 is 14.9. The molecule has 0 amide bonds. The zero-order chi connectivity index (χ0) is 14.7. The van der Waals surface area contributed by atoms with Crippen LogP contribution >= 0.6 is 31.9 Å². The van der Waals surface area contributed by atoms with Crippen LogP contribution in [0.5, 0.6) is 0 Å². The van der Waals surface area contributed by atoms with Gasteiger partial charge in [-0.2, -0.15) is 0 Å². The van der Waals surface area contributed by atoms with E-state index in [1.165, 1.54) is 12.1 Å². The molecule has 0 heterocycles. The van der Waals surface area contributed by atoms with Crippen molar-refractivity contribution >= 4 is 31.9 Å². The van der Waals surface area contributed by atoms with E-state index in [0.29, 0.717) is 6.42 Å². The lowest BCUT2D eigenvalue weighted by atomic mass is 9.96. The van der Waals surface area contributed by atoms with Crippen molar-refractivity contribution in [1.29, 1.82) is 0 Å². The number of nitrogens with one attached hydrogen (secondary N) is 1. The molecular formula is C15H15Br2FN2. The fourth-order valence-electron chi connectivity index (χ4n) is 2.15. The first kappa shape index (κ1) is 15.6. The molecule has 0 aliphatic carbocycles. The number of hydrogen-bond donors (Lipinski definition) is 2. The summed E-state index contributed by atoms with van der Waals surface area (Å²) in [5, 5.41) is 0. The Morgan fingerprint density at radius 2 is 1.95 bits per heavy atom. The number of benzene rings is 2. The molecule has 0 spiro atoms. The number of halogens is 3. The number of hydrogen-bond acceptors (Lipinski definition) is 2. The number of nitrogens with two attached hydrogens (primary N) is 1. The van der Waals surface area contributed by atoms with Crippen LogP contribution in [0.4, 0.5) is 4.39 Å². The molecule has 0 aliphatic heterocycles. The predicted molar refractivity (Wildman–Crippen MR) is 86.7 cm³/mol. The van der Waals surface area contributed by atoms with Crippen LogP contribution in [0.25, 0.3) is 0 Å². The number of aryl methyl sites for hydroxylation is 1. The Labute approximate surface area is 134 Å². The zero-order valence-corrected chi connectivity index (χ0v) is 14.1. The molecule has 3 N–H and O–H groups in total. The normalized spacial score (nSPS) is 12.4. The first-order chi connectivity index (χ1) is 9.51. The summed E-state index contributed by atoms with van der Waals surface area (Å²) in [5.74, 6) is 5.44. The lowest BCUT2D eigenvalue weighted by Gasteiger charge is -2.19. The van der Waals surface area contributed by atoms with Crippen molar-refractivity contribution in [2.75, 3.05) is 0 Å². The smallest absolute Gasteiger partial charge is 0.124 e. The Morgan fingerprint density at radius 1 is 1.20 bits per heavy atom. The molecule has 0 aromatic heterocycles. The molecule has 0 aliphatic rings. The largest absolute Gasteiger partial charge is 0.271 e. The van der Waals surface area contributed by atoms with Crippen molar-refractivity contribution in [2.24, 2.45) is 5.84 Å². The highest BCUT2D eigenvalue weighted by molar-refractivity contribution is 9.10. The summed E-state index contributed by atoms with van der Waals surface area (Å²) in [7, 11) is 0. The van der Waals surface area contributed by atoms with Gasteiger partial charge in [0, 0.05) is 8.95 Å². The van der Waals surface area contributed by atoms with E-state index in [-0.39, 0.29) is 11.9 Å². The lowest BCUT2D eigenvalue weighted by Crippen LogP contribution is -2.30. The molecule has 2 aromatic rings. The standard InChI is InChI=1S/C15H15Br2FN2/c1-9-2-4-11(16)7-13(9)15(20-19)6-10-3-5-12(18)8-14(10)17/h2-5,7-8,15,20H,6,19H2,1H3. The summed E-state index contributed by atoms with van der Waals surface area (Å²) in [5.41, 5.74) is 6.13. The van der Waals surface area contributed by atoms with E-state index >= 15 is 0 Å². The Morgan fingerprint density at radius 3 is 2.60 bits per heavy atom. The minimum Gasteiger partial charge on any atom is -0.271 e. The van der Waals surface area contributed by atoms with Gasteiger partial charge in [-0.25, -0.2) is 4.39 Å². The third-order valence-electron chi connectivity index (χ3n) is 3.26. The number of rotatable bonds is 4. The van der Waals surface area contributed by atoms with Crippen molar-refractivity contribution in [3.8, 4) is 0 Å². The van der Waals surface area contributed by atoms with E-state index in [1.54, 1.807) is 6.07 Å². The quantitative estimate of drug-likeness (QED) is 0.588. The molecule has 1 unspecified atom stereocenters. The summed E-state index contributed by atoms with van der Waals surface area (Å²) in [6.45, 7) is 2.05. The molecule has 0 saturated carbocycles. The third kappa shape index (κ3) is 3.67. The maximum Gasteiger partial charge on any atom is 0.124 e. The maximum atomic E-state index is 13.1. The molecule has 2 rings (SSSR count). The van der Waals surface area contributed by atoms with Gasteiger partial charge in [0.25, 0.3) is 0 Å². The van der Waals surface area contributed by atoms with Crippen molar-refractivity contribution in [1.82, 2.24) is 5.43 Å². The van der Waals surface area contributed by atoms with Gasteiger partial charge in [0.1, 0.15) is 5.82 Å². The van der Waals surface area contributed by atoms with Gasteiger partial charge < -0.3 is 0 Å². The first-order valence-corrected chi connectivity index (χ1v) is 7.76. The molecule has 5 heteroatoms. The highest BCUT2D eigenvalue weighted by atomic mass is 79.9. The van der Waals surface area contributed by atoms with E-state index < -0.39 is 0 Å². The summed E-state index contributed by atoms with van der Waals surface area (Å²) in [4.78, 5) is 0. The van der Waals surface area contributed by atoms with Crippen LogP contribution in [-0.4, -0.2) is 0 Å². The topological polar surface area (TPSA) is 38.0 Å². The van der Waals surface area contributed by atoms with E-state index in [9.17, 15) is 4.39 Å². The van der Waals surface area contributed by atoms with Gasteiger partial charge in [-0.3, -0.25) is 11.3 Å². The van der Waals surface area contributed by atoms with Gasteiger partial charge in [-0.05, 0) is 54.3 Å². The fraction of sp³-hybridized carbons (Fsp3) is 0.200. The van der Waals surface area contributed by atoms with Gasteiger partial charge in [0.05, 0.1) is 6.04 Å². The molecule has 2 aromatic carbocycles. The molecule has 0 fully saturated rings. The zero-order valence-electron chi connectivity index (χ0n) is 11.0. The van der Waals surface area contributed by atoms with Crippen LogP contribution < -0.4 is 11.3 Å². The van der Waals surface area contributed by atoms with Gasteiger partial charge in [-0.1, -0.05) is 44.0 Å². The Hall–Kier alpha value is -0.750. The second-order valence-corrected chi connectivity index (χ2v) is 6.43. The minimum absolute atomic E-state index is 0.0331. The minimum atomic E-state index is -0.253. The second-order valence-electron chi connectivity index (χ2n) is 4.66. The van der Waals surface area contributed by atoms with Crippen molar-refractivity contribution in [3.05, 3.63) is 67.9 Å². The first-order valence-electron chi connectivity index (χ1n) is 6.17. The van der Waals surface area contributed by atoms with Crippen LogP contribution in [0.1, 0.15) is 22.7 Å². The number of hydrazine groups is 1.